The molecule has 1 aliphatic rings. The highest BCUT2D eigenvalue weighted by molar-refractivity contribution is 5.76. The summed E-state index contributed by atoms with van der Waals surface area (Å²) >= 11 is 0. The zero-order valence-electron chi connectivity index (χ0n) is 46.0. The molecule has 9 nitrogen and oxygen atoms in total. The average molecular weight is 1000 g/mol. The van der Waals surface area contributed by atoms with Crippen LogP contribution in [0.5, 0.6) is 0 Å². The van der Waals surface area contributed by atoms with Crippen LogP contribution in [0.15, 0.2) is 60.8 Å². The summed E-state index contributed by atoms with van der Waals surface area (Å²) in [5.74, 6) is -0.176. The number of carbonyl (C=O) groups is 1. The van der Waals surface area contributed by atoms with Gasteiger partial charge in [0.2, 0.25) is 5.91 Å². The summed E-state index contributed by atoms with van der Waals surface area (Å²) in [6.07, 6.45) is 62.8. The third-order valence-electron chi connectivity index (χ3n) is 14.1. The van der Waals surface area contributed by atoms with Crippen LogP contribution < -0.4 is 5.32 Å². The van der Waals surface area contributed by atoms with Gasteiger partial charge in [-0.15, -0.1) is 0 Å². The van der Waals surface area contributed by atoms with E-state index in [1.165, 1.54) is 186 Å². The van der Waals surface area contributed by atoms with E-state index in [0.29, 0.717) is 6.42 Å². The molecule has 0 aromatic rings. The van der Waals surface area contributed by atoms with Gasteiger partial charge in [0.15, 0.2) is 6.29 Å². The van der Waals surface area contributed by atoms with Crippen molar-refractivity contribution in [3.8, 4) is 0 Å². The molecular formula is C62H113NO8. The smallest absolute Gasteiger partial charge is 0.220 e. The summed E-state index contributed by atoms with van der Waals surface area (Å²) in [5.41, 5.74) is 0. The Morgan fingerprint density at radius 3 is 1.30 bits per heavy atom. The Bertz CT molecular complexity index is 1300. The summed E-state index contributed by atoms with van der Waals surface area (Å²) in [4.78, 5) is 13.1. The number of aliphatic hydroxyl groups excluding tert-OH is 5. The molecule has 0 aliphatic carbocycles. The lowest BCUT2D eigenvalue weighted by Gasteiger charge is -2.40. The second-order valence-electron chi connectivity index (χ2n) is 20.8. The normalized spacial score (nSPS) is 19.7. The van der Waals surface area contributed by atoms with Gasteiger partial charge in [-0.3, -0.25) is 4.79 Å². The summed E-state index contributed by atoms with van der Waals surface area (Å²) in [5, 5.41) is 54.6. The molecule has 1 saturated heterocycles. The molecule has 71 heavy (non-hydrogen) atoms. The minimum Gasteiger partial charge on any atom is -0.394 e. The Morgan fingerprint density at radius 2 is 0.873 bits per heavy atom. The largest absolute Gasteiger partial charge is 0.394 e. The van der Waals surface area contributed by atoms with Crippen molar-refractivity contribution in [1.29, 1.82) is 0 Å². The van der Waals surface area contributed by atoms with Crippen molar-refractivity contribution < 1.29 is 39.8 Å². The van der Waals surface area contributed by atoms with Crippen LogP contribution in [0.2, 0.25) is 0 Å². The molecule has 0 bridgehead atoms. The highest BCUT2D eigenvalue weighted by atomic mass is 16.7. The van der Waals surface area contributed by atoms with E-state index in [1.54, 1.807) is 6.08 Å². The van der Waals surface area contributed by atoms with Gasteiger partial charge in [0.25, 0.3) is 0 Å². The van der Waals surface area contributed by atoms with Crippen LogP contribution in [-0.4, -0.2) is 87.5 Å². The van der Waals surface area contributed by atoms with E-state index in [2.05, 4.69) is 67.8 Å². The second kappa shape index (κ2) is 51.4. The first kappa shape index (κ1) is 66.9. The SMILES string of the molecule is CC/C=C\C/C=C\C/C=C\C/C=C\CCCCCCCCCCCCCCCCC(=O)NC(COC1OC(CO)C(O)C(O)C1O)C(O)/C=C/CCCCCCCCCCCCCCCCCCCCC. The molecule has 1 amide bonds. The number of rotatable bonds is 51. The fraction of sp³-hybridized carbons (Fsp3) is 0.823. The zero-order chi connectivity index (χ0) is 51.5. The Hall–Kier alpha value is -2.11. The summed E-state index contributed by atoms with van der Waals surface area (Å²) in [7, 11) is 0. The molecule has 0 radical (unpaired) electrons. The van der Waals surface area contributed by atoms with E-state index in [9.17, 15) is 30.3 Å². The molecule has 0 aromatic heterocycles. The van der Waals surface area contributed by atoms with Crippen molar-refractivity contribution in [2.24, 2.45) is 0 Å². The van der Waals surface area contributed by atoms with Gasteiger partial charge in [0.05, 0.1) is 25.4 Å². The maximum absolute atomic E-state index is 13.1. The van der Waals surface area contributed by atoms with Gasteiger partial charge in [0.1, 0.15) is 24.4 Å². The molecule has 0 spiro atoms. The fourth-order valence-corrected chi connectivity index (χ4v) is 9.39. The van der Waals surface area contributed by atoms with Crippen molar-refractivity contribution in [1.82, 2.24) is 5.32 Å². The topological polar surface area (TPSA) is 149 Å². The minimum absolute atomic E-state index is 0.176. The predicted molar refractivity (Wildman–Crippen MR) is 299 cm³/mol. The number of nitrogens with one attached hydrogen (secondary N) is 1. The van der Waals surface area contributed by atoms with Gasteiger partial charge in [-0.05, 0) is 57.8 Å². The van der Waals surface area contributed by atoms with Crippen LogP contribution in [0, 0.1) is 0 Å². The molecule has 0 aromatic carbocycles. The van der Waals surface area contributed by atoms with Crippen LogP contribution in [-0.2, 0) is 14.3 Å². The highest BCUT2D eigenvalue weighted by Gasteiger charge is 2.44. The molecule has 7 unspecified atom stereocenters. The summed E-state index contributed by atoms with van der Waals surface area (Å²) in [6.45, 7) is 3.69. The monoisotopic (exact) mass is 1000 g/mol. The first-order valence-corrected chi connectivity index (χ1v) is 30.0. The zero-order valence-corrected chi connectivity index (χ0v) is 46.0. The van der Waals surface area contributed by atoms with Crippen molar-refractivity contribution in [3.05, 3.63) is 60.8 Å². The second-order valence-corrected chi connectivity index (χ2v) is 20.8. The van der Waals surface area contributed by atoms with E-state index in [1.807, 2.05) is 6.08 Å². The van der Waals surface area contributed by atoms with Gasteiger partial charge in [-0.25, -0.2) is 0 Å². The first-order chi connectivity index (χ1) is 34.8. The van der Waals surface area contributed by atoms with Crippen LogP contribution in [0.25, 0.3) is 0 Å². The molecule has 1 heterocycles. The first-order valence-electron chi connectivity index (χ1n) is 30.0. The van der Waals surface area contributed by atoms with E-state index in [0.717, 1.165) is 64.2 Å². The van der Waals surface area contributed by atoms with Crippen molar-refractivity contribution in [3.63, 3.8) is 0 Å². The molecule has 414 valence electrons. The molecule has 1 rings (SSSR count). The molecule has 7 atom stereocenters. The number of unbranched alkanes of at least 4 members (excludes halogenated alkanes) is 33. The van der Waals surface area contributed by atoms with E-state index in [-0.39, 0.29) is 12.5 Å². The molecule has 1 aliphatic heterocycles. The van der Waals surface area contributed by atoms with E-state index >= 15 is 0 Å². The van der Waals surface area contributed by atoms with E-state index in [4.69, 9.17) is 9.47 Å². The lowest BCUT2D eigenvalue weighted by atomic mass is 9.99. The summed E-state index contributed by atoms with van der Waals surface area (Å²) in [6, 6.07) is -0.808. The van der Waals surface area contributed by atoms with Crippen LogP contribution in [0.1, 0.15) is 271 Å². The van der Waals surface area contributed by atoms with Gasteiger partial charge >= 0.3 is 0 Å². The molecular weight excluding hydrogens is 887 g/mol. The summed E-state index contributed by atoms with van der Waals surface area (Å²) < 4.78 is 11.3. The average Bonchev–Trinajstić information content (AvgIpc) is 3.37. The van der Waals surface area contributed by atoms with E-state index < -0.39 is 49.5 Å². The Kier molecular flexibility index (Phi) is 48.4. The van der Waals surface area contributed by atoms with Crippen LogP contribution in [0.3, 0.4) is 0 Å². The maximum Gasteiger partial charge on any atom is 0.220 e. The number of hydrogen-bond donors (Lipinski definition) is 6. The number of aliphatic hydroxyl groups is 5. The Labute approximate surface area is 436 Å². The number of amides is 1. The number of ether oxygens (including phenoxy) is 2. The van der Waals surface area contributed by atoms with Gasteiger partial charge < -0.3 is 40.3 Å². The van der Waals surface area contributed by atoms with Gasteiger partial charge in [-0.1, -0.05) is 267 Å². The maximum atomic E-state index is 13.1. The highest BCUT2D eigenvalue weighted by Crippen LogP contribution is 2.23. The van der Waals surface area contributed by atoms with Crippen molar-refractivity contribution >= 4 is 5.91 Å². The third-order valence-corrected chi connectivity index (χ3v) is 14.1. The lowest BCUT2D eigenvalue weighted by molar-refractivity contribution is -0.302. The number of hydrogen-bond acceptors (Lipinski definition) is 8. The molecule has 1 fully saturated rings. The predicted octanol–water partition coefficient (Wildman–Crippen LogP) is 15.1. The number of allylic oxidation sites excluding steroid dienone is 9. The van der Waals surface area contributed by atoms with Crippen molar-refractivity contribution in [2.75, 3.05) is 13.2 Å². The lowest BCUT2D eigenvalue weighted by Crippen LogP contribution is -2.60. The Balaban J connectivity index is 2.20. The Morgan fingerprint density at radius 1 is 0.493 bits per heavy atom. The molecule has 9 heteroatoms. The van der Waals surface area contributed by atoms with Crippen LogP contribution in [0.4, 0.5) is 0 Å². The van der Waals surface area contributed by atoms with Gasteiger partial charge in [0, 0.05) is 6.42 Å². The molecule has 6 N–H and O–H groups in total. The van der Waals surface area contributed by atoms with Crippen LogP contribution >= 0.6 is 0 Å². The minimum atomic E-state index is -1.57. The fourth-order valence-electron chi connectivity index (χ4n) is 9.39. The van der Waals surface area contributed by atoms with Crippen molar-refractivity contribution in [2.45, 2.75) is 314 Å². The van der Waals surface area contributed by atoms with Gasteiger partial charge in [-0.2, -0.15) is 0 Å². The third kappa shape index (κ3) is 40.9. The number of carbonyl (C=O) groups excluding carboxylic acids is 1. The standard InChI is InChI=1S/C62H113NO8/c1-3-5-7-9-11-13-15-17-19-21-23-25-26-27-28-29-30-32-34-36-38-40-42-44-46-48-50-52-58(66)63-55(54-70-62-61(69)60(68)59(67)57(53-64)71-62)56(65)51-49-47-45-43-41-39-37-35-33-31-24-22-20-18-16-14-12-10-8-6-4-2/h5,7,11,13,17,19,23,25,49,51,55-57,59-62,64-65,67-69H,3-4,6,8-10,12,14-16,18,20-22,24,26-48,50,52-54H2,1-2H3,(H,63,66)/b7-5-,13-11-,19-17-,25-23-,51-49+. The quantitative estimate of drug-likeness (QED) is 0.0261. The molecule has 0 saturated carbocycles.